The Bertz CT molecular complexity index is 673. The van der Waals surface area contributed by atoms with Crippen LogP contribution in [0.1, 0.15) is 12.5 Å². The summed E-state index contributed by atoms with van der Waals surface area (Å²) in [7, 11) is 0. The second kappa shape index (κ2) is 7.56. The Hall–Kier alpha value is -2.41. The third-order valence-corrected chi connectivity index (χ3v) is 3.63. The zero-order valence-corrected chi connectivity index (χ0v) is 13.1. The molecule has 0 bridgehead atoms. The van der Waals surface area contributed by atoms with Gasteiger partial charge in [-0.1, -0.05) is 30.0 Å². The molecule has 114 valence electrons. The summed E-state index contributed by atoms with van der Waals surface area (Å²) in [6.45, 7) is 3.34. The van der Waals surface area contributed by atoms with E-state index in [-0.39, 0.29) is 17.6 Å². The Morgan fingerprint density at radius 1 is 1.09 bits per heavy atom. The molecular weight excluding hydrogens is 300 g/mol. The third-order valence-electron chi connectivity index (χ3n) is 2.71. The van der Waals surface area contributed by atoms with Crippen molar-refractivity contribution in [2.45, 2.75) is 18.9 Å². The van der Waals surface area contributed by atoms with Gasteiger partial charge in [0, 0.05) is 12.6 Å². The lowest BCUT2D eigenvalue weighted by molar-refractivity contribution is -0.114. The monoisotopic (exact) mass is 316 g/mol. The van der Waals surface area contributed by atoms with Crippen LogP contribution in [0, 0.1) is 6.92 Å². The van der Waals surface area contributed by atoms with E-state index in [2.05, 4.69) is 20.8 Å². The first-order valence-corrected chi connectivity index (χ1v) is 7.63. The summed E-state index contributed by atoms with van der Waals surface area (Å²) < 4.78 is 0. The molecule has 2 aromatic rings. The maximum Gasteiger partial charge on any atom is 0.234 e. The molecule has 2 amide bonds. The van der Waals surface area contributed by atoms with E-state index >= 15 is 0 Å². The van der Waals surface area contributed by atoms with Crippen LogP contribution in [-0.2, 0) is 9.59 Å². The van der Waals surface area contributed by atoms with Crippen molar-refractivity contribution in [3.63, 3.8) is 0 Å². The van der Waals surface area contributed by atoms with E-state index in [1.54, 1.807) is 12.1 Å². The third kappa shape index (κ3) is 4.85. The van der Waals surface area contributed by atoms with Crippen LogP contribution in [0.3, 0.4) is 0 Å². The maximum absolute atomic E-state index is 11.9. The number of para-hydroxylation sites is 1. The summed E-state index contributed by atoms with van der Waals surface area (Å²) in [5.41, 5.74) is 1.82. The van der Waals surface area contributed by atoms with Gasteiger partial charge in [0.2, 0.25) is 11.8 Å². The van der Waals surface area contributed by atoms with Crippen molar-refractivity contribution >= 4 is 35.1 Å². The van der Waals surface area contributed by atoms with Gasteiger partial charge >= 0.3 is 0 Å². The highest BCUT2D eigenvalue weighted by Gasteiger charge is 2.07. The van der Waals surface area contributed by atoms with Gasteiger partial charge in [0.15, 0.2) is 5.82 Å². The van der Waals surface area contributed by atoms with Gasteiger partial charge in [0.05, 0.1) is 5.75 Å². The second-order valence-corrected chi connectivity index (χ2v) is 5.59. The van der Waals surface area contributed by atoms with Gasteiger partial charge in [-0.3, -0.25) is 9.59 Å². The van der Waals surface area contributed by atoms with Crippen LogP contribution >= 0.6 is 11.8 Å². The van der Waals surface area contributed by atoms with Gasteiger partial charge in [-0.25, -0.2) is 0 Å². The standard InChI is InChI=1S/C15H16N4O2S/c1-10-5-3-4-6-12(10)17-14(21)9-22-15-8-7-13(18-19-15)16-11(2)20/h3-8H,9H2,1-2H3,(H,17,21)(H,16,18,20). The van der Waals surface area contributed by atoms with Crippen molar-refractivity contribution < 1.29 is 9.59 Å². The topological polar surface area (TPSA) is 84.0 Å². The fourth-order valence-corrected chi connectivity index (χ4v) is 2.30. The van der Waals surface area contributed by atoms with Crippen molar-refractivity contribution in [1.29, 1.82) is 0 Å². The highest BCUT2D eigenvalue weighted by molar-refractivity contribution is 7.99. The SMILES string of the molecule is CC(=O)Nc1ccc(SCC(=O)Nc2ccccc2C)nn1. The molecule has 0 saturated heterocycles. The molecule has 22 heavy (non-hydrogen) atoms. The maximum atomic E-state index is 11.9. The lowest BCUT2D eigenvalue weighted by Crippen LogP contribution is -2.15. The zero-order chi connectivity index (χ0) is 15.9. The van der Waals surface area contributed by atoms with E-state index in [4.69, 9.17) is 0 Å². The molecule has 0 aliphatic rings. The number of hydrogen-bond donors (Lipinski definition) is 2. The summed E-state index contributed by atoms with van der Waals surface area (Å²) in [4.78, 5) is 22.8. The molecule has 0 radical (unpaired) electrons. The molecule has 1 aromatic heterocycles. The van der Waals surface area contributed by atoms with E-state index < -0.39 is 0 Å². The lowest BCUT2D eigenvalue weighted by atomic mass is 10.2. The Balaban J connectivity index is 1.86. The predicted octanol–water partition coefficient (Wildman–Crippen LogP) is 2.47. The number of aromatic nitrogens is 2. The Kier molecular flexibility index (Phi) is 5.48. The Morgan fingerprint density at radius 3 is 2.50 bits per heavy atom. The zero-order valence-electron chi connectivity index (χ0n) is 12.3. The first-order valence-electron chi connectivity index (χ1n) is 6.64. The van der Waals surface area contributed by atoms with E-state index in [9.17, 15) is 9.59 Å². The molecule has 1 heterocycles. The number of carbonyl (C=O) groups is 2. The molecule has 0 spiro atoms. The number of anilines is 2. The average molecular weight is 316 g/mol. The van der Waals surface area contributed by atoms with Crippen LogP contribution in [0.2, 0.25) is 0 Å². The summed E-state index contributed by atoms with van der Waals surface area (Å²) in [5, 5.41) is 13.8. The van der Waals surface area contributed by atoms with Gasteiger partial charge in [-0.2, -0.15) is 0 Å². The molecule has 0 aliphatic carbocycles. The fourth-order valence-electron chi connectivity index (χ4n) is 1.68. The first-order chi connectivity index (χ1) is 10.5. The molecule has 1 aromatic carbocycles. The van der Waals surface area contributed by atoms with Crippen molar-refractivity contribution in [3.8, 4) is 0 Å². The number of nitrogens with one attached hydrogen (secondary N) is 2. The van der Waals surface area contributed by atoms with Gasteiger partial charge in [0.25, 0.3) is 0 Å². The Labute approximate surface area is 132 Å². The minimum Gasteiger partial charge on any atom is -0.325 e. The molecular formula is C15H16N4O2S. The highest BCUT2D eigenvalue weighted by atomic mass is 32.2. The number of benzene rings is 1. The van der Waals surface area contributed by atoms with Crippen molar-refractivity contribution in [2.75, 3.05) is 16.4 Å². The normalized spacial score (nSPS) is 10.1. The number of nitrogens with zero attached hydrogens (tertiary/aromatic N) is 2. The summed E-state index contributed by atoms with van der Waals surface area (Å²) in [6.07, 6.45) is 0. The predicted molar refractivity (Wildman–Crippen MR) is 86.9 cm³/mol. The number of hydrogen-bond acceptors (Lipinski definition) is 5. The molecule has 2 rings (SSSR count). The molecule has 0 aliphatic heterocycles. The van der Waals surface area contributed by atoms with E-state index in [1.165, 1.54) is 18.7 Å². The van der Waals surface area contributed by atoms with Gasteiger partial charge in [0.1, 0.15) is 5.03 Å². The first kappa shape index (κ1) is 16.0. The fraction of sp³-hybridized carbons (Fsp3) is 0.200. The van der Waals surface area contributed by atoms with E-state index in [0.29, 0.717) is 10.8 Å². The van der Waals surface area contributed by atoms with Crippen LogP contribution in [0.25, 0.3) is 0 Å². The summed E-state index contributed by atoms with van der Waals surface area (Å²) >= 11 is 1.28. The quantitative estimate of drug-likeness (QED) is 0.828. The molecule has 0 unspecified atom stereocenters. The second-order valence-electron chi connectivity index (χ2n) is 4.59. The van der Waals surface area contributed by atoms with Crippen molar-refractivity contribution in [1.82, 2.24) is 10.2 Å². The minimum absolute atomic E-state index is 0.105. The van der Waals surface area contributed by atoms with Crippen LogP contribution in [-0.4, -0.2) is 27.8 Å². The number of aryl methyl sites for hydroxylation is 1. The van der Waals surface area contributed by atoms with Gasteiger partial charge < -0.3 is 10.6 Å². The van der Waals surface area contributed by atoms with Gasteiger partial charge in [-0.15, -0.1) is 10.2 Å². The van der Waals surface area contributed by atoms with Crippen LogP contribution in [0.15, 0.2) is 41.4 Å². The molecule has 0 saturated carbocycles. The van der Waals surface area contributed by atoms with Crippen LogP contribution < -0.4 is 10.6 Å². The van der Waals surface area contributed by atoms with Crippen molar-refractivity contribution in [3.05, 3.63) is 42.0 Å². The number of thioether (sulfide) groups is 1. The van der Waals surface area contributed by atoms with Crippen molar-refractivity contribution in [2.24, 2.45) is 0 Å². The van der Waals surface area contributed by atoms with E-state index in [1.807, 2.05) is 31.2 Å². The molecule has 0 atom stereocenters. The minimum atomic E-state index is -0.202. The largest absolute Gasteiger partial charge is 0.325 e. The molecule has 7 heteroatoms. The molecule has 0 fully saturated rings. The smallest absolute Gasteiger partial charge is 0.234 e. The molecule has 2 N–H and O–H groups in total. The number of amides is 2. The van der Waals surface area contributed by atoms with E-state index in [0.717, 1.165) is 11.3 Å². The highest BCUT2D eigenvalue weighted by Crippen LogP contribution is 2.17. The summed E-state index contributed by atoms with van der Waals surface area (Å²) in [5.74, 6) is 0.322. The average Bonchev–Trinajstić information content (AvgIpc) is 2.48. The van der Waals surface area contributed by atoms with Gasteiger partial charge in [-0.05, 0) is 30.7 Å². The molecule has 6 nitrogen and oxygen atoms in total. The summed E-state index contributed by atoms with van der Waals surface area (Å²) in [6, 6.07) is 11.0. The Morgan fingerprint density at radius 2 is 1.86 bits per heavy atom. The number of carbonyl (C=O) groups excluding carboxylic acids is 2. The van der Waals surface area contributed by atoms with Crippen LogP contribution in [0.5, 0.6) is 0 Å². The number of rotatable bonds is 5. The van der Waals surface area contributed by atoms with Crippen LogP contribution in [0.4, 0.5) is 11.5 Å². The lowest BCUT2D eigenvalue weighted by Gasteiger charge is -2.07.